The number of ether oxygens (including phenoxy) is 1. The van der Waals surface area contributed by atoms with E-state index >= 15 is 0 Å². The van der Waals surface area contributed by atoms with Crippen LogP contribution in [0.5, 0.6) is 0 Å². The van der Waals surface area contributed by atoms with E-state index in [1.807, 2.05) is 13.8 Å². The Kier molecular flexibility index (Phi) is 3.10. The minimum atomic E-state index is 0.456. The summed E-state index contributed by atoms with van der Waals surface area (Å²) in [5.41, 5.74) is 0.762. The molecule has 1 aromatic heterocycles. The summed E-state index contributed by atoms with van der Waals surface area (Å²) in [6.07, 6.45) is 3.33. The zero-order valence-corrected chi connectivity index (χ0v) is 7.89. The summed E-state index contributed by atoms with van der Waals surface area (Å²) in [5, 5.41) is 0.456. The van der Waals surface area contributed by atoms with Crippen LogP contribution >= 0.6 is 12.2 Å². The maximum Gasteiger partial charge on any atom is 0.194 e. The van der Waals surface area contributed by atoms with Gasteiger partial charge in [0.25, 0.3) is 0 Å². The highest BCUT2D eigenvalue weighted by atomic mass is 32.1. The van der Waals surface area contributed by atoms with Crippen molar-refractivity contribution >= 4 is 17.3 Å². The molecule has 64 valence electrons. The molecule has 1 heterocycles. The fourth-order valence-corrected chi connectivity index (χ4v) is 0.936. The van der Waals surface area contributed by atoms with Crippen LogP contribution in [0.2, 0.25) is 0 Å². The molecule has 1 aromatic rings. The van der Waals surface area contributed by atoms with Gasteiger partial charge in [-0.15, -0.1) is 0 Å². The SMILES string of the molecule is CCOC(=S)c1cnc(C)nc1. The van der Waals surface area contributed by atoms with E-state index in [9.17, 15) is 0 Å². The van der Waals surface area contributed by atoms with Crippen LogP contribution < -0.4 is 0 Å². The van der Waals surface area contributed by atoms with Crippen molar-refractivity contribution in [2.45, 2.75) is 13.8 Å². The van der Waals surface area contributed by atoms with Crippen LogP contribution in [-0.4, -0.2) is 21.6 Å². The van der Waals surface area contributed by atoms with E-state index < -0.39 is 0 Å². The minimum absolute atomic E-state index is 0.456. The lowest BCUT2D eigenvalue weighted by Gasteiger charge is -2.02. The highest BCUT2D eigenvalue weighted by Crippen LogP contribution is 1.99. The van der Waals surface area contributed by atoms with Crippen molar-refractivity contribution in [1.29, 1.82) is 0 Å². The summed E-state index contributed by atoms with van der Waals surface area (Å²) >= 11 is 4.96. The quantitative estimate of drug-likeness (QED) is 0.649. The van der Waals surface area contributed by atoms with Crippen LogP contribution in [0.1, 0.15) is 18.3 Å². The lowest BCUT2D eigenvalue weighted by atomic mass is 10.3. The Morgan fingerprint density at radius 2 is 2.08 bits per heavy atom. The average molecular weight is 182 g/mol. The van der Waals surface area contributed by atoms with Crippen molar-refractivity contribution in [2.75, 3.05) is 6.61 Å². The molecular formula is C8H10N2OS. The fourth-order valence-electron chi connectivity index (χ4n) is 0.712. The Hall–Kier alpha value is -1.03. The maximum absolute atomic E-state index is 5.12. The van der Waals surface area contributed by atoms with E-state index in [0.717, 1.165) is 11.4 Å². The molecule has 0 aliphatic rings. The van der Waals surface area contributed by atoms with Crippen molar-refractivity contribution in [2.24, 2.45) is 0 Å². The van der Waals surface area contributed by atoms with Gasteiger partial charge in [0.1, 0.15) is 5.82 Å². The van der Waals surface area contributed by atoms with Gasteiger partial charge in [0.2, 0.25) is 0 Å². The molecule has 0 amide bonds. The molecule has 0 saturated carbocycles. The molecule has 0 atom stereocenters. The van der Waals surface area contributed by atoms with Gasteiger partial charge in [-0.1, -0.05) is 0 Å². The van der Waals surface area contributed by atoms with E-state index in [2.05, 4.69) is 9.97 Å². The van der Waals surface area contributed by atoms with E-state index in [-0.39, 0.29) is 0 Å². The first kappa shape index (κ1) is 9.06. The van der Waals surface area contributed by atoms with Crippen molar-refractivity contribution in [1.82, 2.24) is 9.97 Å². The third kappa shape index (κ3) is 2.23. The van der Waals surface area contributed by atoms with Crippen LogP contribution in [0.4, 0.5) is 0 Å². The summed E-state index contributed by atoms with van der Waals surface area (Å²) in [7, 11) is 0. The number of thiocarbonyl (C=S) groups is 1. The second-order valence-corrected chi connectivity index (χ2v) is 2.61. The van der Waals surface area contributed by atoms with Crippen LogP contribution in [0.3, 0.4) is 0 Å². The van der Waals surface area contributed by atoms with E-state index in [0.29, 0.717) is 11.7 Å². The first-order valence-electron chi connectivity index (χ1n) is 3.69. The fraction of sp³-hybridized carbons (Fsp3) is 0.375. The molecule has 0 N–H and O–H groups in total. The normalized spacial score (nSPS) is 9.50. The lowest BCUT2D eigenvalue weighted by molar-refractivity contribution is 0.337. The smallest absolute Gasteiger partial charge is 0.194 e. The molecule has 0 spiro atoms. The van der Waals surface area contributed by atoms with Gasteiger partial charge in [-0.2, -0.15) is 0 Å². The van der Waals surface area contributed by atoms with Gasteiger partial charge in [-0.25, -0.2) is 9.97 Å². The Bertz CT molecular complexity index is 271. The standard InChI is InChI=1S/C8H10N2OS/c1-3-11-8(12)7-4-9-6(2)10-5-7/h4-5H,3H2,1-2H3. The van der Waals surface area contributed by atoms with Crippen LogP contribution in [0.15, 0.2) is 12.4 Å². The Morgan fingerprint density at radius 3 is 2.58 bits per heavy atom. The van der Waals surface area contributed by atoms with Crippen molar-refractivity contribution in [3.8, 4) is 0 Å². The van der Waals surface area contributed by atoms with Gasteiger partial charge in [0.15, 0.2) is 5.05 Å². The molecule has 0 saturated heterocycles. The number of rotatable bonds is 2. The highest BCUT2D eigenvalue weighted by molar-refractivity contribution is 7.80. The van der Waals surface area contributed by atoms with Gasteiger partial charge in [0, 0.05) is 12.4 Å². The summed E-state index contributed by atoms with van der Waals surface area (Å²) in [5.74, 6) is 0.734. The van der Waals surface area contributed by atoms with Crippen LogP contribution in [0.25, 0.3) is 0 Å². The van der Waals surface area contributed by atoms with E-state index in [1.54, 1.807) is 12.4 Å². The largest absolute Gasteiger partial charge is 0.483 e. The molecule has 0 bridgehead atoms. The van der Waals surface area contributed by atoms with E-state index in [4.69, 9.17) is 17.0 Å². The number of hydrogen-bond acceptors (Lipinski definition) is 4. The zero-order valence-electron chi connectivity index (χ0n) is 7.07. The third-order valence-corrected chi connectivity index (χ3v) is 1.65. The summed E-state index contributed by atoms with van der Waals surface area (Å²) in [6.45, 7) is 4.29. The molecule has 0 aliphatic heterocycles. The number of nitrogens with zero attached hydrogens (tertiary/aromatic N) is 2. The Labute approximate surface area is 76.8 Å². The average Bonchev–Trinajstić information content (AvgIpc) is 2.06. The first-order valence-corrected chi connectivity index (χ1v) is 4.10. The van der Waals surface area contributed by atoms with Crippen LogP contribution in [0, 0.1) is 6.92 Å². The maximum atomic E-state index is 5.12. The summed E-state index contributed by atoms with van der Waals surface area (Å²) < 4.78 is 5.12. The van der Waals surface area contributed by atoms with Gasteiger partial charge < -0.3 is 4.74 Å². The second kappa shape index (κ2) is 4.11. The van der Waals surface area contributed by atoms with Crippen molar-refractivity contribution in [3.63, 3.8) is 0 Å². The Balaban J connectivity index is 2.75. The van der Waals surface area contributed by atoms with Crippen LogP contribution in [-0.2, 0) is 4.74 Å². The molecule has 12 heavy (non-hydrogen) atoms. The van der Waals surface area contributed by atoms with Crippen molar-refractivity contribution in [3.05, 3.63) is 23.8 Å². The van der Waals surface area contributed by atoms with Gasteiger partial charge in [-0.3, -0.25) is 0 Å². The van der Waals surface area contributed by atoms with Gasteiger partial charge >= 0.3 is 0 Å². The molecule has 3 nitrogen and oxygen atoms in total. The minimum Gasteiger partial charge on any atom is -0.483 e. The molecule has 0 unspecified atom stereocenters. The zero-order chi connectivity index (χ0) is 8.97. The summed E-state index contributed by atoms with van der Waals surface area (Å²) in [4.78, 5) is 8.01. The van der Waals surface area contributed by atoms with Gasteiger partial charge in [-0.05, 0) is 26.1 Å². The number of aromatic nitrogens is 2. The molecule has 4 heteroatoms. The second-order valence-electron chi connectivity index (χ2n) is 2.24. The molecule has 0 aromatic carbocycles. The third-order valence-electron chi connectivity index (χ3n) is 1.29. The predicted octanol–water partition coefficient (Wildman–Crippen LogP) is 1.50. The first-order chi connectivity index (χ1) is 5.74. The topological polar surface area (TPSA) is 35.0 Å². The summed E-state index contributed by atoms with van der Waals surface area (Å²) in [6, 6.07) is 0. The molecule has 1 rings (SSSR count). The highest BCUT2D eigenvalue weighted by Gasteiger charge is 2.01. The lowest BCUT2D eigenvalue weighted by Crippen LogP contribution is -2.04. The monoisotopic (exact) mass is 182 g/mol. The number of aryl methyl sites for hydroxylation is 1. The number of hydrogen-bond donors (Lipinski definition) is 0. The predicted molar refractivity (Wildman–Crippen MR) is 50.1 cm³/mol. The molecule has 0 radical (unpaired) electrons. The van der Waals surface area contributed by atoms with Crippen molar-refractivity contribution < 1.29 is 4.74 Å². The Morgan fingerprint density at radius 1 is 1.50 bits per heavy atom. The van der Waals surface area contributed by atoms with Gasteiger partial charge in [0.05, 0.1) is 12.2 Å². The van der Waals surface area contributed by atoms with E-state index in [1.165, 1.54) is 0 Å². The molecular weight excluding hydrogens is 172 g/mol. The molecule has 0 aliphatic carbocycles. The molecule has 0 fully saturated rings.